The Morgan fingerprint density at radius 3 is 2.75 bits per heavy atom. The maximum atomic E-state index is 11.2. The molecule has 1 heterocycles. The Morgan fingerprint density at radius 2 is 2.31 bits per heavy atom. The molecular weight excluding hydrogens is 212 g/mol. The van der Waals surface area contributed by atoms with Crippen LogP contribution < -0.4 is 5.73 Å². The van der Waals surface area contributed by atoms with Crippen molar-refractivity contribution in [1.29, 1.82) is 0 Å². The topological polar surface area (TPSA) is 115 Å². The fourth-order valence-electron chi connectivity index (χ4n) is 0.965. The Hall–Kier alpha value is -2.18. The third-order valence-corrected chi connectivity index (χ3v) is 1.84. The number of aliphatic imine (C=N–C) groups is 1. The summed E-state index contributed by atoms with van der Waals surface area (Å²) < 4.78 is 4.32. The van der Waals surface area contributed by atoms with E-state index in [2.05, 4.69) is 19.9 Å². The van der Waals surface area contributed by atoms with Crippen LogP contribution in [0.25, 0.3) is 0 Å². The Labute approximate surface area is 91.6 Å². The van der Waals surface area contributed by atoms with E-state index in [0.717, 1.165) is 0 Å². The molecule has 0 unspecified atom stereocenters. The van der Waals surface area contributed by atoms with Crippen molar-refractivity contribution in [1.82, 2.24) is 10.3 Å². The number of aliphatic hydroxyl groups excluding tert-OH is 1. The molecule has 0 saturated carbocycles. The highest BCUT2D eigenvalue weighted by Crippen LogP contribution is 2.15. The van der Waals surface area contributed by atoms with Crippen molar-refractivity contribution >= 4 is 23.6 Å². The van der Waals surface area contributed by atoms with E-state index in [1.165, 1.54) is 13.1 Å². The van der Waals surface area contributed by atoms with Gasteiger partial charge in [-0.3, -0.25) is 4.79 Å². The number of nitrogen functional groups attached to an aromatic ring is 1. The maximum Gasteiger partial charge on any atom is 0.240 e. The van der Waals surface area contributed by atoms with Crippen LogP contribution in [0.3, 0.4) is 0 Å². The normalized spacial score (nSPS) is 12.9. The smallest absolute Gasteiger partial charge is 0.240 e. The predicted molar refractivity (Wildman–Crippen MR) is 57.5 cm³/mol. The third-order valence-electron chi connectivity index (χ3n) is 1.84. The minimum Gasteiger partial charge on any atom is -0.512 e. The van der Waals surface area contributed by atoms with Crippen LogP contribution in [-0.4, -0.2) is 27.4 Å². The van der Waals surface area contributed by atoms with Gasteiger partial charge in [-0.1, -0.05) is 6.92 Å². The van der Waals surface area contributed by atoms with Gasteiger partial charge in [-0.05, 0) is 17.2 Å². The third kappa shape index (κ3) is 2.66. The zero-order chi connectivity index (χ0) is 12.1. The number of carbonyl (C=O) groups excluding carboxylic acids is 1. The number of ketones is 1. The standard InChI is InChI=1S/C9H12N4O3/c1-3-7(15)6(5(2)14)4-11-9-8(10)12-16-13-9/h4,15H,3H2,1-2H3,(H2,10,12)/b7-6-,11-4?. The largest absolute Gasteiger partial charge is 0.512 e. The van der Waals surface area contributed by atoms with E-state index in [0.29, 0.717) is 6.42 Å². The van der Waals surface area contributed by atoms with Gasteiger partial charge in [-0.2, -0.15) is 0 Å². The number of carbonyl (C=O) groups is 1. The van der Waals surface area contributed by atoms with Crippen LogP contribution >= 0.6 is 0 Å². The van der Waals surface area contributed by atoms with Gasteiger partial charge in [0.05, 0.1) is 5.57 Å². The van der Waals surface area contributed by atoms with Gasteiger partial charge in [0.2, 0.25) is 11.6 Å². The van der Waals surface area contributed by atoms with Crippen LogP contribution in [-0.2, 0) is 4.79 Å². The molecule has 7 heteroatoms. The lowest BCUT2D eigenvalue weighted by molar-refractivity contribution is -0.113. The predicted octanol–water partition coefficient (Wildman–Crippen LogP) is 1.17. The first-order valence-electron chi connectivity index (χ1n) is 4.61. The molecule has 0 bridgehead atoms. The van der Waals surface area contributed by atoms with E-state index >= 15 is 0 Å². The highest BCUT2D eigenvalue weighted by Gasteiger charge is 2.08. The molecule has 86 valence electrons. The molecule has 3 N–H and O–H groups in total. The van der Waals surface area contributed by atoms with E-state index < -0.39 is 0 Å². The van der Waals surface area contributed by atoms with Crippen LogP contribution in [0.4, 0.5) is 11.6 Å². The molecule has 16 heavy (non-hydrogen) atoms. The van der Waals surface area contributed by atoms with Crippen molar-refractivity contribution < 1.29 is 14.5 Å². The van der Waals surface area contributed by atoms with Crippen molar-refractivity contribution in [3.05, 3.63) is 11.3 Å². The summed E-state index contributed by atoms with van der Waals surface area (Å²) in [4.78, 5) is 15.0. The van der Waals surface area contributed by atoms with E-state index in [1.807, 2.05) is 0 Å². The quantitative estimate of drug-likeness (QED) is 0.450. The molecular formula is C9H12N4O3. The van der Waals surface area contributed by atoms with Crippen molar-refractivity contribution in [2.45, 2.75) is 20.3 Å². The van der Waals surface area contributed by atoms with Crippen LogP contribution in [0.1, 0.15) is 20.3 Å². The average molecular weight is 224 g/mol. The summed E-state index contributed by atoms with van der Waals surface area (Å²) >= 11 is 0. The second-order valence-electron chi connectivity index (χ2n) is 3.00. The molecule has 0 radical (unpaired) electrons. The molecule has 7 nitrogen and oxygen atoms in total. The Balaban J connectivity index is 2.98. The van der Waals surface area contributed by atoms with Crippen LogP contribution in [0, 0.1) is 0 Å². The molecule has 1 rings (SSSR count). The molecule has 1 aromatic rings. The van der Waals surface area contributed by atoms with Gasteiger partial charge in [0, 0.05) is 12.6 Å². The zero-order valence-electron chi connectivity index (χ0n) is 8.97. The highest BCUT2D eigenvalue weighted by atomic mass is 16.6. The molecule has 0 atom stereocenters. The number of rotatable bonds is 4. The monoisotopic (exact) mass is 224 g/mol. The van der Waals surface area contributed by atoms with Crippen LogP contribution in [0.15, 0.2) is 21.0 Å². The van der Waals surface area contributed by atoms with Crippen LogP contribution in [0.5, 0.6) is 0 Å². The summed E-state index contributed by atoms with van der Waals surface area (Å²) in [6, 6.07) is 0. The molecule has 0 aromatic carbocycles. The Kier molecular flexibility index (Phi) is 3.76. The van der Waals surface area contributed by atoms with Gasteiger partial charge in [0.25, 0.3) is 0 Å². The molecule has 0 spiro atoms. The van der Waals surface area contributed by atoms with E-state index in [-0.39, 0.29) is 28.8 Å². The minimum absolute atomic E-state index is 0.0233. The lowest BCUT2D eigenvalue weighted by atomic mass is 10.1. The minimum atomic E-state index is -0.293. The second kappa shape index (κ2) is 5.06. The molecule has 0 aliphatic carbocycles. The van der Waals surface area contributed by atoms with Crippen molar-refractivity contribution in [3.8, 4) is 0 Å². The van der Waals surface area contributed by atoms with Crippen molar-refractivity contribution in [3.63, 3.8) is 0 Å². The number of Topliss-reactive ketones (excluding diaryl/α,β-unsaturated/α-hetero) is 1. The number of aliphatic hydroxyl groups is 1. The number of hydrogen-bond donors (Lipinski definition) is 2. The average Bonchev–Trinajstić information content (AvgIpc) is 2.64. The number of hydrogen-bond acceptors (Lipinski definition) is 7. The van der Waals surface area contributed by atoms with Gasteiger partial charge in [0.1, 0.15) is 5.76 Å². The number of nitrogens with two attached hydrogens (primary N) is 1. The molecule has 0 aliphatic heterocycles. The Bertz CT molecular complexity index is 447. The number of allylic oxidation sites excluding steroid dienone is 2. The second-order valence-corrected chi connectivity index (χ2v) is 3.00. The van der Waals surface area contributed by atoms with E-state index in [9.17, 15) is 9.90 Å². The van der Waals surface area contributed by atoms with Crippen molar-refractivity contribution in [2.24, 2.45) is 4.99 Å². The fourth-order valence-corrected chi connectivity index (χ4v) is 0.965. The lowest BCUT2D eigenvalue weighted by Gasteiger charge is -1.99. The summed E-state index contributed by atoms with van der Waals surface area (Å²) in [6.07, 6.45) is 1.53. The van der Waals surface area contributed by atoms with Gasteiger partial charge in [-0.25, -0.2) is 9.62 Å². The van der Waals surface area contributed by atoms with Gasteiger partial charge >= 0.3 is 0 Å². The summed E-state index contributed by atoms with van der Waals surface area (Å²) in [5, 5.41) is 16.2. The summed E-state index contributed by atoms with van der Waals surface area (Å²) in [7, 11) is 0. The first-order chi connectivity index (χ1) is 7.56. The van der Waals surface area contributed by atoms with Gasteiger partial charge in [-0.15, -0.1) is 0 Å². The van der Waals surface area contributed by atoms with E-state index in [1.54, 1.807) is 6.92 Å². The number of aromatic nitrogens is 2. The first kappa shape index (κ1) is 11.9. The zero-order valence-corrected chi connectivity index (χ0v) is 8.97. The maximum absolute atomic E-state index is 11.2. The summed E-state index contributed by atoms with van der Waals surface area (Å²) in [5.74, 6) is -0.234. The Morgan fingerprint density at radius 1 is 1.62 bits per heavy atom. The van der Waals surface area contributed by atoms with Crippen molar-refractivity contribution in [2.75, 3.05) is 5.73 Å². The van der Waals surface area contributed by atoms with E-state index in [4.69, 9.17) is 5.73 Å². The number of anilines is 1. The van der Waals surface area contributed by atoms with Gasteiger partial charge in [0.15, 0.2) is 5.78 Å². The molecule has 0 saturated heterocycles. The SMILES string of the molecule is CC/C(O)=C(\C=Nc1nonc1N)C(C)=O. The van der Waals surface area contributed by atoms with Gasteiger partial charge < -0.3 is 10.8 Å². The molecule has 0 aliphatic rings. The molecule has 0 amide bonds. The summed E-state index contributed by atoms with van der Waals surface area (Å²) in [6.45, 7) is 3.05. The first-order valence-corrected chi connectivity index (χ1v) is 4.61. The molecule has 0 fully saturated rings. The lowest BCUT2D eigenvalue weighted by Crippen LogP contribution is -2.02. The fraction of sp³-hybridized carbons (Fsp3) is 0.333. The highest BCUT2D eigenvalue weighted by molar-refractivity contribution is 6.13. The summed E-state index contributed by atoms with van der Waals surface area (Å²) in [5.41, 5.74) is 5.48. The number of nitrogens with zero attached hydrogens (tertiary/aromatic N) is 3. The molecule has 1 aromatic heterocycles. The van der Waals surface area contributed by atoms with Crippen LogP contribution in [0.2, 0.25) is 0 Å².